The van der Waals surface area contributed by atoms with E-state index in [-0.39, 0.29) is 12.0 Å². The third-order valence-corrected chi connectivity index (χ3v) is 8.15. The summed E-state index contributed by atoms with van der Waals surface area (Å²) in [7, 11) is 0. The summed E-state index contributed by atoms with van der Waals surface area (Å²) in [6.45, 7) is 14.1. The SMILES string of the molecule is C=C1[C@@H](O)C[C@H](OC(C)=O)[C@@]2(C)[C@@H](OC(C)=O)[C@H](OC(C)=O)C(=O)C(C)(C)[C@@H](CC(=O)[C@@H](C)O)[C@@H](OC(C)=O)[C@H]12. The number of esters is 4. The first-order valence-electron chi connectivity index (χ1n) is 13.1. The van der Waals surface area contributed by atoms with Crippen molar-refractivity contribution in [3.63, 3.8) is 0 Å². The van der Waals surface area contributed by atoms with Gasteiger partial charge in [-0.2, -0.15) is 0 Å². The Morgan fingerprint density at radius 3 is 1.88 bits per heavy atom. The molecule has 12 nitrogen and oxygen atoms in total. The third kappa shape index (κ3) is 6.43. The topological polar surface area (TPSA) is 180 Å². The molecular weight excluding hydrogens is 528 g/mol. The molecule has 0 aromatic heterocycles. The molecule has 2 saturated carbocycles. The van der Waals surface area contributed by atoms with Crippen LogP contribution in [-0.2, 0) is 47.7 Å². The van der Waals surface area contributed by atoms with E-state index < -0.39 is 101 Å². The predicted octanol–water partition coefficient (Wildman–Crippen LogP) is 1.22. The molecule has 0 aliphatic heterocycles. The normalized spacial score (nSPS) is 34.3. The Kier molecular flexibility index (Phi) is 10.1. The van der Waals surface area contributed by atoms with Crippen molar-refractivity contribution in [2.24, 2.45) is 22.7 Å². The van der Waals surface area contributed by atoms with Crippen LogP contribution in [0.3, 0.4) is 0 Å². The first-order valence-corrected chi connectivity index (χ1v) is 13.1. The molecule has 0 heterocycles. The Hall–Kier alpha value is -3.12. The standard InChI is InChI=1S/C28H40O12/c1-12-19(34)11-21(37-14(3)30)28(9)22(12)23(38-15(4)31)18(10-20(35)13(2)29)27(7,8)25(36)24(39-16(5)32)26(28)40-17(6)33/h13,18-19,21-24,26,29,34H,1,10-11H2,2-9H3/t13-,18+,19+,21+,22+,23-,24-,26+,28-/m1/s1. The quantitative estimate of drug-likeness (QED) is 0.255. The van der Waals surface area contributed by atoms with Gasteiger partial charge in [-0.25, -0.2) is 0 Å². The molecule has 0 aromatic carbocycles. The van der Waals surface area contributed by atoms with Crippen LogP contribution in [0.2, 0.25) is 0 Å². The first-order chi connectivity index (χ1) is 18.3. The van der Waals surface area contributed by atoms with Crippen molar-refractivity contribution >= 4 is 35.4 Å². The number of rotatable bonds is 7. The Balaban J connectivity index is 3.07. The van der Waals surface area contributed by atoms with Crippen molar-refractivity contribution in [1.29, 1.82) is 0 Å². The fraction of sp³-hybridized carbons (Fsp3) is 0.714. The van der Waals surface area contributed by atoms with Crippen LogP contribution in [0.5, 0.6) is 0 Å². The molecule has 0 radical (unpaired) electrons. The lowest BCUT2D eigenvalue weighted by Crippen LogP contribution is -2.69. The van der Waals surface area contributed by atoms with Crippen LogP contribution < -0.4 is 0 Å². The van der Waals surface area contributed by atoms with Gasteiger partial charge in [0.15, 0.2) is 23.8 Å². The number of carbonyl (C=O) groups is 6. The molecule has 40 heavy (non-hydrogen) atoms. The van der Waals surface area contributed by atoms with Crippen molar-refractivity contribution < 1.29 is 57.9 Å². The number of hydrogen-bond acceptors (Lipinski definition) is 12. The first kappa shape index (κ1) is 33.1. The predicted molar refractivity (Wildman–Crippen MR) is 137 cm³/mol. The highest BCUT2D eigenvalue weighted by atomic mass is 16.6. The van der Waals surface area contributed by atoms with Gasteiger partial charge < -0.3 is 29.2 Å². The van der Waals surface area contributed by atoms with Crippen LogP contribution in [-0.4, -0.2) is 82.3 Å². The number of aliphatic hydroxyl groups excluding tert-OH is 2. The van der Waals surface area contributed by atoms with E-state index in [1.807, 2.05) is 0 Å². The minimum Gasteiger partial charge on any atom is -0.462 e. The smallest absolute Gasteiger partial charge is 0.303 e. The molecule has 2 aliphatic carbocycles. The monoisotopic (exact) mass is 568 g/mol. The molecule has 2 aliphatic rings. The highest BCUT2D eigenvalue weighted by Gasteiger charge is 2.67. The summed E-state index contributed by atoms with van der Waals surface area (Å²) in [5.41, 5.74) is -3.16. The highest BCUT2D eigenvalue weighted by Crippen LogP contribution is 2.57. The van der Waals surface area contributed by atoms with Gasteiger partial charge in [0, 0.05) is 57.8 Å². The van der Waals surface area contributed by atoms with Gasteiger partial charge in [0.2, 0.25) is 0 Å². The highest BCUT2D eigenvalue weighted by molar-refractivity contribution is 5.92. The number of carbonyl (C=O) groups excluding carboxylic acids is 6. The summed E-state index contributed by atoms with van der Waals surface area (Å²) in [5.74, 6) is -7.03. The van der Waals surface area contributed by atoms with E-state index in [2.05, 4.69) is 6.58 Å². The zero-order valence-corrected chi connectivity index (χ0v) is 24.2. The molecule has 0 aromatic rings. The molecule has 224 valence electrons. The zero-order valence-electron chi connectivity index (χ0n) is 24.2. The number of hydrogen-bond donors (Lipinski definition) is 2. The van der Waals surface area contributed by atoms with E-state index >= 15 is 0 Å². The minimum absolute atomic E-state index is 0.107. The van der Waals surface area contributed by atoms with E-state index in [0.717, 1.165) is 27.7 Å². The number of ether oxygens (including phenoxy) is 4. The van der Waals surface area contributed by atoms with Gasteiger partial charge in [0.1, 0.15) is 18.3 Å². The van der Waals surface area contributed by atoms with Gasteiger partial charge in [-0.15, -0.1) is 0 Å². The van der Waals surface area contributed by atoms with Gasteiger partial charge in [-0.1, -0.05) is 27.4 Å². The van der Waals surface area contributed by atoms with Crippen LogP contribution in [0, 0.1) is 22.7 Å². The lowest BCUT2D eigenvalue weighted by atomic mass is 9.51. The van der Waals surface area contributed by atoms with Gasteiger partial charge in [0.05, 0.1) is 11.5 Å². The lowest BCUT2D eigenvalue weighted by Gasteiger charge is -2.58. The van der Waals surface area contributed by atoms with E-state index in [4.69, 9.17) is 18.9 Å². The molecule has 9 atom stereocenters. The Labute approximate surface area is 233 Å². The van der Waals surface area contributed by atoms with Gasteiger partial charge in [0.25, 0.3) is 0 Å². The number of Topliss-reactive ketones (excluding diaryl/α,β-unsaturated/α-hetero) is 2. The molecule has 0 unspecified atom stereocenters. The largest absolute Gasteiger partial charge is 0.462 e. The Bertz CT molecular complexity index is 1080. The van der Waals surface area contributed by atoms with Crippen molar-refractivity contribution in [3.8, 4) is 0 Å². The van der Waals surface area contributed by atoms with E-state index in [9.17, 15) is 39.0 Å². The summed E-state index contributed by atoms with van der Waals surface area (Å²) in [4.78, 5) is 76.6. The van der Waals surface area contributed by atoms with Crippen LogP contribution in [0.4, 0.5) is 0 Å². The summed E-state index contributed by atoms with van der Waals surface area (Å²) in [5, 5.41) is 21.1. The van der Waals surface area contributed by atoms with Gasteiger partial charge in [-0.3, -0.25) is 28.8 Å². The van der Waals surface area contributed by atoms with Crippen molar-refractivity contribution in [2.75, 3.05) is 0 Å². The molecule has 2 N–H and O–H groups in total. The third-order valence-electron chi connectivity index (χ3n) is 8.15. The molecule has 2 fully saturated rings. The second-order valence-electron chi connectivity index (χ2n) is 11.4. The fourth-order valence-electron chi connectivity index (χ4n) is 6.13. The second kappa shape index (κ2) is 12.2. The second-order valence-corrected chi connectivity index (χ2v) is 11.4. The summed E-state index contributed by atoms with van der Waals surface area (Å²) in [6.07, 6.45) is -9.34. The van der Waals surface area contributed by atoms with Crippen LogP contribution in [0.1, 0.15) is 68.2 Å². The maximum Gasteiger partial charge on any atom is 0.303 e. The molecule has 2 rings (SSSR count). The molecular formula is C28H40O12. The average molecular weight is 569 g/mol. The van der Waals surface area contributed by atoms with Gasteiger partial charge >= 0.3 is 23.9 Å². The molecule has 0 spiro atoms. The molecule has 0 amide bonds. The molecule has 0 bridgehead atoms. The van der Waals surface area contributed by atoms with Crippen LogP contribution in [0.25, 0.3) is 0 Å². The Morgan fingerprint density at radius 1 is 0.925 bits per heavy atom. The Morgan fingerprint density at radius 2 is 1.43 bits per heavy atom. The molecule has 0 saturated heterocycles. The van der Waals surface area contributed by atoms with E-state index in [1.54, 1.807) is 0 Å². The molecule has 12 heteroatoms. The van der Waals surface area contributed by atoms with Crippen molar-refractivity contribution in [1.82, 2.24) is 0 Å². The van der Waals surface area contributed by atoms with Crippen molar-refractivity contribution in [2.45, 2.75) is 105 Å². The van der Waals surface area contributed by atoms with Crippen molar-refractivity contribution in [3.05, 3.63) is 12.2 Å². The zero-order chi connectivity index (χ0) is 30.9. The van der Waals surface area contributed by atoms with Gasteiger partial charge in [-0.05, 0) is 12.5 Å². The summed E-state index contributed by atoms with van der Waals surface area (Å²) in [6, 6.07) is 0. The summed E-state index contributed by atoms with van der Waals surface area (Å²) >= 11 is 0. The van der Waals surface area contributed by atoms with Crippen LogP contribution >= 0.6 is 0 Å². The maximum atomic E-state index is 14.3. The van der Waals surface area contributed by atoms with E-state index in [0.29, 0.717) is 0 Å². The lowest BCUT2D eigenvalue weighted by molar-refractivity contribution is -0.230. The summed E-state index contributed by atoms with van der Waals surface area (Å²) < 4.78 is 22.6. The van der Waals surface area contributed by atoms with E-state index in [1.165, 1.54) is 27.7 Å². The number of ketones is 2. The number of aliphatic hydroxyl groups is 2. The maximum absolute atomic E-state index is 14.3. The number of fused-ring (bicyclic) bond motifs is 1. The fourth-order valence-corrected chi connectivity index (χ4v) is 6.13. The van der Waals surface area contributed by atoms with Crippen LogP contribution in [0.15, 0.2) is 12.2 Å². The average Bonchev–Trinajstić information content (AvgIpc) is 2.80. The minimum atomic E-state index is -1.74.